The first-order chi connectivity index (χ1) is 13.5. The molecular formula is C22H32N2O4. The zero-order valence-corrected chi connectivity index (χ0v) is 16.7. The summed E-state index contributed by atoms with van der Waals surface area (Å²) in [5.41, 5.74) is 6.70. The molecule has 3 rings (SSSR count). The summed E-state index contributed by atoms with van der Waals surface area (Å²) in [6.45, 7) is 0. The highest BCUT2D eigenvalue weighted by molar-refractivity contribution is 5.94. The molecule has 3 N–H and O–H groups in total. The lowest BCUT2D eigenvalue weighted by Crippen LogP contribution is -2.37. The van der Waals surface area contributed by atoms with Gasteiger partial charge in [-0.15, -0.1) is 0 Å². The molecule has 28 heavy (non-hydrogen) atoms. The Bertz CT molecular complexity index is 653. The molecule has 2 saturated carbocycles. The van der Waals surface area contributed by atoms with Crippen LogP contribution in [0.2, 0.25) is 0 Å². The molecule has 0 spiro atoms. The smallest absolute Gasteiger partial charge is 0.305 e. The maximum atomic E-state index is 12.5. The first-order valence-electron chi connectivity index (χ1n) is 10.4. The van der Waals surface area contributed by atoms with Crippen molar-refractivity contribution in [3.8, 4) is 5.75 Å². The van der Waals surface area contributed by atoms with Crippen LogP contribution in [0.3, 0.4) is 0 Å². The highest BCUT2D eigenvalue weighted by Crippen LogP contribution is 2.28. The van der Waals surface area contributed by atoms with Crippen LogP contribution in [0.4, 0.5) is 0 Å². The van der Waals surface area contributed by atoms with Crippen LogP contribution < -0.4 is 15.8 Å². The van der Waals surface area contributed by atoms with Crippen molar-refractivity contribution in [3.05, 3.63) is 29.8 Å². The van der Waals surface area contributed by atoms with E-state index in [4.69, 9.17) is 15.2 Å². The minimum atomic E-state index is -0.141. The molecule has 154 valence electrons. The average Bonchev–Trinajstić information content (AvgIpc) is 3.12. The molecule has 2 atom stereocenters. The van der Waals surface area contributed by atoms with Crippen LogP contribution in [0.25, 0.3) is 0 Å². The van der Waals surface area contributed by atoms with Crippen LogP contribution in [0.15, 0.2) is 24.3 Å². The number of ether oxygens (including phenoxy) is 2. The lowest BCUT2D eigenvalue weighted by molar-refractivity contribution is -0.141. The second-order valence-corrected chi connectivity index (χ2v) is 8.08. The third-order valence-corrected chi connectivity index (χ3v) is 6.07. The van der Waals surface area contributed by atoms with Crippen molar-refractivity contribution >= 4 is 11.9 Å². The van der Waals surface area contributed by atoms with Crippen LogP contribution in [0, 0.1) is 5.92 Å². The number of esters is 1. The van der Waals surface area contributed by atoms with Crippen molar-refractivity contribution in [1.82, 2.24) is 5.32 Å². The number of carbonyl (C=O) groups excluding carboxylic acids is 2. The monoisotopic (exact) mass is 388 g/mol. The van der Waals surface area contributed by atoms with Crippen molar-refractivity contribution in [3.63, 3.8) is 0 Å². The molecule has 2 fully saturated rings. The fourth-order valence-corrected chi connectivity index (χ4v) is 4.25. The van der Waals surface area contributed by atoms with Gasteiger partial charge in [-0.05, 0) is 81.5 Å². The van der Waals surface area contributed by atoms with Crippen LogP contribution in [0.1, 0.15) is 68.1 Å². The maximum Gasteiger partial charge on any atom is 0.305 e. The van der Waals surface area contributed by atoms with Crippen LogP contribution in [0.5, 0.6) is 5.75 Å². The van der Waals surface area contributed by atoms with E-state index >= 15 is 0 Å². The largest absolute Gasteiger partial charge is 0.489 e. The van der Waals surface area contributed by atoms with Gasteiger partial charge in [-0.25, -0.2) is 0 Å². The Morgan fingerprint density at radius 2 is 1.79 bits per heavy atom. The van der Waals surface area contributed by atoms with Gasteiger partial charge in [0.15, 0.2) is 0 Å². The summed E-state index contributed by atoms with van der Waals surface area (Å²) in [7, 11) is 1.43. The second kappa shape index (κ2) is 9.92. The molecule has 1 aromatic carbocycles. The molecule has 1 aromatic rings. The first-order valence-corrected chi connectivity index (χ1v) is 10.4. The standard InChI is InChI=1S/C22H32N2O4/c1-27-21(25)14-7-15-5-10-17(11-6-15)24-22(26)16-8-12-18(13-9-16)28-20-4-2-3-19(20)23/h8-9,12-13,15,17,19-20H,2-7,10-11,14,23H2,1H3,(H,24,26)/t15-,17-,19-,20+/m0/s1. The SMILES string of the molecule is COC(=O)CC[C@H]1CC[C@H](NC(=O)c2ccc(O[C@@H]3CCC[C@@H]3N)cc2)CC1. The number of nitrogens with one attached hydrogen (secondary N) is 1. The number of nitrogens with two attached hydrogens (primary N) is 1. The molecule has 0 unspecified atom stereocenters. The van der Waals surface area contributed by atoms with Crippen LogP contribution >= 0.6 is 0 Å². The van der Waals surface area contributed by atoms with Gasteiger partial charge in [-0.1, -0.05) is 0 Å². The topological polar surface area (TPSA) is 90.6 Å². The van der Waals surface area contributed by atoms with Crippen LogP contribution in [-0.4, -0.2) is 37.2 Å². The molecule has 0 heterocycles. The van der Waals surface area contributed by atoms with E-state index in [-0.39, 0.29) is 30.1 Å². The molecule has 0 radical (unpaired) electrons. The van der Waals surface area contributed by atoms with Gasteiger partial charge >= 0.3 is 5.97 Å². The predicted octanol–water partition coefficient (Wildman–Crippen LogP) is 3.19. The normalized spacial score (nSPS) is 27.2. The number of benzene rings is 1. The number of amides is 1. The molecule has 1 amide bonds. The predicted molar refractivity (Wildman–Crippen MR) is 107 cm³/mol. The van der Waals surface area contributed by atoms with Crippen molar-refractivity contribution < 1.29 is 19.1 Å². The van der Waals surface area contributed by atoms with E-state index in [0.717, 1.165) is 57.1 Å². The Hall–Kier alpha value is -2.08. The molecule has 0 bridgehead atoms. The summed E-state index contributed by atoms with van der Waals surface area (Å²) in [6, 6.07) is 7.63. The van der Waals surface area contributed by atoms with E-state index < -0.39 is 0 Å². The highest BCUT2D eigenvalue weighted by Gasteiger charge is 2.26. The zero-order chi connectivity index (χ0) is 19.9. The summed E-state index contributed by atoms with van der Waals surface area (Å²) >= 11 is 0. The third kappa shape index (κ3) is 5.71. The number of methoxy groups -OCH3 is 1. The number of rotatable bonds is 7. The van der Waals surface area contributed by atoms with Gasteiger partial charge in [0.1, 0.15) is 11.9 Å². The van der Waals surface area contributed by atoms with Crippen molar-refractivity contribution in [2.24, 2.45) is 11.7 Å². The van der Waals surface area contributed by atoms with Gasteiger partial charge in [-0.2, -0.15) is 0 Å². The lowest BCUT2D eigenvalue weighted by Gasteiger charge is -2.29. The van der Waals surface area contributed by atoms with E-state index in [9.17, 15) is 9.59 Å². The summed E-state index contributed by atoms with van der Waals surface area (Å²) in [5, 5.41) is 3.14. The molecule has 2 aliphatic rings. The molecule has 2 aliphatic carbocycles. The zero-order valence-electron chi connectivity index (χ0n) is 16.7. The van der Waals surface area contributed by atoms with Gasteiger partial charge < -0.3 is 20.5 Å². The number of hydrogen-bond acceptors (Lipinski definition) is 5. The Labute approximate surface area is 167 Å². The molecule has 0 aliphatic heterocycles. The van der Waals surface area contributed by atoms with Gasteiger partial charge in [0.05, 0.1) is 7.11 Å². The molecular weight excluding hydrogens is 356 g/mol. The molecule has 6 heteroatoms. The average molecular weight is 389 g/mol. The Morgan fingerprint density at radius 1 is 1.07 bits per heavy atom. The first kappa shape index (κ1) is 20.6. The van der Waals surface area contributed by atoms with E-state index in [1.54, 1.807) is 0 Å². The minimum absolute atomic E-state index is 0.0397. The molecule has 0 aromatic heterocycles. The van der Waals surface area contributed by atoms with E-state index in [1.807, 2.05) is 24.3 Å². The van der Waals surface area contributed by atoms with Gasteiger partial charge in [0.25, 0.3) is 5.91 Å². The van der Waals surface area contributed by atoms with Crippen LogP contribution in [-0.2, 0) is 9.53 Å². The van der Waals surface area contributed by atoms with E-state index in [0.29, 0.717) is 17.9 Å². The van der Waals surface area contributed by atoms with E-state index in [1.165, 1.54) is 7.11 Å². The van der Waals surface area contributed by atoms with Gasteiger partial charge in [0.2, 0.25) is 0 Å². The van der Waals surface area contributed by atoms with Gasteiger partial charge in [0, 0.05) is 24.1 Å². The fourth-order valence-electron chi connectivity index (χ4n) is 4.25. The van der Waals surface area contributed by atoms with Crippen molar-refractivity contribution in [2.75, 3.05) is 7.11 Å². The third-order valence-electron chi connectivity index (χ3n) is 6.07. The van der Waals surface area contributed by atoms with Crippen molar-refractivity contribution in [2.45, 2.75) is 76.0 Å². The number of hydrogen-bond donors (Lipinski definition) is 2. The lowest BCUT2D eigenvalue weighted by atomic mass is 9.83. The van der Waals surface area contributed by atoms with Gasteiger partial charge in [-0.3, -0.25) is 9.59 Å². The fraction of sp³-hybridized carbons (Fsp3) is 0.636. The van der Waals surface area contributed by atoms with E-state index in [2.05, 4.69) is 5.32 Å². The highest BCUT2D eigenvalue weighted by atomic mass is 16.5. The number of carbonyl (C=O) groups is 2. The summed E-state index contributed by atoms with van der Waals surface area (Å²) < 4.78 is 10.6. The van der Waals surface area contributed by atoms with Crippen molar-refractivity contribution in [1.29, 1.82) is 0 Å². The second-order valence-electron chi connectivity index (χ2n) is 8.08. The Balaban J connectivity index is 1.42. The summed E-state index contributed by atoms with van der Waals surface area (Å²) in [6.07, 6.45) is 8.54. The maximum absolute atomic E-state index is 12.5. The molecule has 6 nitrogen and oxygen atoms in total. The summed E-state index contributed by atoms with van der Waals surface area (Å²) in [4.78, 5) is 23.8. The summed E-state index contributed by atoms with van der Waals surface area (Å²) in [5.74, 6) is 1.13. The quantitative estimate of drug-likeness (QED) is 0.700. The molecule has 0 saturated heterocycles. The Kier molecular flexibility index (Phi) is 7.31. The Morgan fingerprint density at radius 3 is 2.39 bits per heavy atom. The minimum Gasteiger partial charge on any atom is -0.489 e.